The van der Waals surface area contributed by atoms with Crippen LogP contribution in [0.15, 0.2) is 48.5 Å². The van der Waals surface area contributed by atoms with E-state index in [0.29, 0.717) is 26.2 Å². The van der Waals surface area contributed by atoms with Gasteiger partial charge in [0, 0.05) is 37.8 Å². The quantitative estimate of drug-likeness (QED) is 0.657. The van der Waals surface area contributed by atoms with Crippen LogP contribution in [0.2, 0.25) is 0 Å². The Bertz CT molecular complexity index is 1080. The van der Waals surface area contributed by atoms with E-state index >= 15 is 0 Å². The molecule has 0 spiro atoms. The number of benzene rings is 2. The maximum Gasteiger partial charge on any atom is 0.256 e. The lowest BCUT2D eigenvalue weighted by Crippen LogP contribution is -2.49. The molecule has 1 fully saturated rings. The van der Waals surface area contributed by atoms with E-state index in [4.69, 9.17) is 0 Å². The normalized spacial score (nSPS) is 14.1. The van der Waals surface area contributed by atoms with Crippen LogP contribution in [0.5, 0.6) is 0 Å². The molecule has 0 bridgehead atoms. The van der Waals surface area contributed by atoms with E-state index in [1.807, 2.05) is 23.1 Å². The fourth-order valence-corrected chi connectivity index (χ4v) is 3.52. The summed E-state index contributed by atoms with van der Waals surface area (Å²) in [6, 6.07) is 13.1. The topological polar surface area (TPSA) is 49.3 Å². The van der Waals surface area contributed by atoms with E-state index in [1.165, 1.54) is 17.2 Å². The number of aromatic nitrogens is 2. The molecule has 0 N–H and O–H groups in total. The Morgan fingerprint density at radius 1 is 0.867 bits per heavy atom. The van der Waals surface area contributed by atoms with Gasteiger partial charge in [-0.2, -0.15) is 0 Å². The lowest BCUT2D eigenvalue weighted by molar-refractivity contribution is 0.0741. The van der Waals surface area contributed by atoms with Crippen molar-refractivity contribution < 1.29 is 13.6 Å². The molecule has 3 aromatic rings. The molecule has 0 unspecified atom stereocenters. The Kier molecular flexibility index (Phi) is 5.44. The number of halogens is 2. The second kappa shape index (κ2) is 8.18. The number of hydrogen-bond acceptors (Lipinski definition) is 4. The second-order valence-electron chi connectivity index (χ2n) is 7.48. The van der Waals surface area contributed by atoms with Crippen molar-refractivity contribution in [3.8, 4) is 11.3 Å². The van der Waals surface area contributed by atoms with Crippen LogP contribution >= 0.6 is 0 Å². The first-order valence-electron chi connectivity index (χ1n) is 9.83. The summed E-state index contributed by atoms with van der Waals surface area (Å²) in [6.45, 7) is 6.12. The Hall–Kier alpha value is -3.35. The van der Waals surface area contributed by atoms with Gasteiger partial charge in [-0.05, 0) is 55.3 Å². The predicted molar refractivity (Wildman–Crippen MR) is 111 cm³/mol. The highest BCUT2D eigenvalue weighted by Crippen LogP contribution is 2.22. The van der Waals surface area contributed by atoms with Crippen LogP contribution in [0.25, 0.3) is 11.3 Å². The number of amides is 1. The number of hydrogen-bond donors (Lipinski definition) is 0. The van der Waals surface area contributed by atoms with Crippen LogP contribution in [-0.4, -0.2) is 47.2 Å². The number of carbonyl (C=O) groups excluding carboxylic acids is 1. The Balaban J connectivity index is 1.41. The van der Waals surface area contributed by atoms with Crippen molar-refractivity contribution in [1.82, 2.24) is 15.1 Å². The fourth-order valence-electron chi connectivity index (χ4n) is 3.52. The maximum atomic E-state index is 13.9. The van der Waals surface area contributed by atoms with Gasteiger partial charge in [0.1, 0.15) is 11.6 Å². The Morgan fingerprint density at radius 3 is 2.27 bits per heavy atom. The van der Waals surface area contributed by atoms with Gasteiger partial charge in [0.05, 0.1) is 11.3 Å². The van der Waals surface area contributed by atoms with Crippen molar-refractivity contribution in [2.75, 3.05) is 31.1 Å². The highest BCUT2D eigenvalue weighted by molar-refractivity contribution is 5.94. The van der Waals surface area contributed by atoms with E-state index in [0.717, 1.165) is 29.2 Å². The summed E-state index contributed by atoms with van der Waals surface area (Å²) < 4.78 is 27.0. The van der Waals surface area contributed by atoms with Crippen LogP contribution < -0.4 is 4.90 Å². The van der Waals surface area contributed by atoms with Gasteiger partial charge in [0.2, 0.25) is 0 Å². The molecule has 1 saturated heterocycles. The standard InChI is InChI=1S/C23H22F2N4O/c1-15-3-4-17(13-16(15)2)21-7-8-22(27-26-21)28-9-11-29(12-10-28)23(30)19-6-5-18(24)14-20(19)25/h3-8,13-14H,9-12H2,1-2H3. The first-order chi connectivity index (χ1) is 14.4. The molecule has 2 heterocycles. The molecular weight excluding hydrogens is 386 g/mol. The molecule has 154 valence electrons. The number of anilines is 1. The maximum absolute atomic E-state index is 13.9. The van der Waals surface area contributed by atoms with Crippen LogP contribution in [0, 0.1) is 25.5 Å². The molecule has 0 radical (unpaired) electrons. The van der Waals surface area contributed by atoms with Crippen molar-refractivity contribution in [3.63, 3.8) is 0 Å². The molecule has 7 heteroatoms. The SMILES string of the molecule is Cc1ccc(-c2ccc(N3CCN(C(=O)c4ccc(F)cc4F)CC3)nn2)cc1C. The van der Waals surface area contributed by atoms with E-state index in [1.54, 1.807) is 4.90 Å². The number of nitrogens with zero attached hydrogens (tertiary/aromatic N) is 4. The molecule has 1 amide bonds. The largest absolute Gasteiger partial charge is 0.352 e. The minimum atomic E-state index is -0.838. The van der Waals surface area contributed by atoms with E-state index in [2.05, 4.69) is 36.2 Å². The zero-order chi connectivity index (χ0) is 21.3. The number of rotatable bonds is 3. The van der Waals surface area contributed by atoms with Gasteiger partial charge < -0.3 is 9.80 Å². The zero-order valence-electron chi connectivity index (χ0n) is 16.9. The number of aryl methyl sites for hydroxylation is 2. The average Bonchev–Trinajstić information content (AvgIpc) is 2.75. The van der Waals surface area contributed by atoms with Gasteiger partial charge in [-0.3, -0.25) is 4.79 Å². The fraction of sp³-hybridized carbons (Fsp3) is 0.261. The molecule has 2 aromatic carbocycles. The second-order valence-corrected chi connectivity index (χ2v) is 7.48. The van der Waals surface area contributed by atoms with Crippen molar-refractivity contribution in [2.45, 2.75) is 13.8 Å². The molecule has 1 aromatic heterocycles. The number of piperazine rings is 1. The lowest BCUT2D eigenvalue weighted by atomic mass is 10.0. The molecule has 5 nitrogen and oxygen atoms in total. The summed E-state index contributed by atoms with van der Waals surface area (Å²) in [5.41, 5.74) is 4.16. The predicted octanol–water partition coefficient (Wildman–Crippen LogP) is 4.00. The summed E-state index contributed by atoms with van der Waals surface area (Å²) in [5.74, 6) is -1.22. The lowest BCUT2D eigenvalue weighted by Gasteiger charge is -2.35. The highest BCUT2D eigenvalue weighted by Gasteiger charge is 2.25. The van der Waals surface area contributed by atoms with Gasteiger partial charge in [-0.15, -0.1) is 10.2 Å². The van der Waals surface area contributed by atoms with Gasteiger partial charge >= 0.3 is 0 Å². The molecule has 30 heavy (non-hydrogen) atoms. The van der Waals surface area contributed by atoms with E-state index in [9.17, 15) is 13.6 Å². The molecule has 0 atom stereocenters. The first-order valence-corrected chi connectivity index (χ1v) is 9.83. The third-order valence-corrected chi connectivity index (χ3v) is 5.51. The zero-order valence-corrected chi connectivity index (χ0v) is 16.9. The third kappa shape index (κ3) is 4.01. The Labute approximate surface area is 174 Å². The average molecular weight is 408 g/mol. The number of carbonyl (C=O) groups is 1. The molecule has 0 saturated carbocycles. The summed E-state index contributed by atoms with van der Waals surface area (Å²) in [6.07, 6.45) is 0. The monoisotopic (exact) mass is 408 g/mol. The summed E-state index contributed by atoms with van der Waals surface area (Å²) >= 11 is 0. The van der Waals surface area contributed by atoms with Gasteiger partial charge in [0.15, 0.2) is 5.82 Å². The minimum Gasteiger partial charge on any atom is -0.352 e. The van der Waals surface area contributed by atoms with Crippen LogP contribution in [0.4, 0.5) is 14.6 Å². The summed E-state index contributed by atoms with van der Waals surface area (Å²) in [7, 11) is 0. The van der Waals surface area contributed by atoms with E-state index in [-0.39, 0.29) is 5.56 Å². The van der Waals surface area contributed by atoms with Crippen molar-refractivity contribution >= 4 is 11.7 Å². The molecule has 4 rings (SSSR count). The first kappa shape index (κ1) is 19.9. The van der Waals surface area contributed by atoms with Crippen LogP contribution in [0.3, 0.4) is 0 Å². The van der Waals surface area contributed by atoms with Crippen molar-refractivity contribution in [2.24, 2.45) is 0 Å². The molecular formula is C23H22F2N4O. The van der Waals surface area contributed by atoms with Gasteiger partial charge in [-0.25, -0.2) is 8.78 Å². The minimum absolute atomic E-state index is 0.109. The van der Waals surface area contributed by atoms with E-state index < -0.39 is 17.5 Å². The third-order valence-electron chi connectivity index (χ3n) is 5.51. The summed E-state index contributed by atoms with van der Waals surface area (Å²) in [4.78, 5) is 16.2. The smallest absolute Gasteiger partial charge is 0.256 e. The van der Waals surface area contributed by atoms with Gasteiger partial charge in [-0.1, -0.05) is 12.1 Å². The van der Waals surface area contributed by atoms with Crippen LogP contribution in [0.1, 0.15) is 21.5 Å². The van der Waals surface area contributed by atoms with Crippen molar-refractivity contribution in [3.05, 3.63) is 76.9 Å². The van der Waals surface area contributed by atoms with Crippen molar-refractivity contribution in [1.29, 1.82) is 0 Å². The molecule has 1 aliphatic rings. The Morgan fingerprint density at radius 2 is 1.63 bits per heavy atom. The van der Waals surface area contributed by atoms with Crippen LogP contribution in [-0.2, 0) is 0 Å². The van der Waals surface area contributed by atoms with Gasteiger partial charge in [0.25, 0.3) is 5.91 Å². The highest BCUT2D eigenvalue weighted by atomic mass is 19.1. The molecule has 1 aliphatic heterocycles. The summed E-state index contributed by atoms with van der Waals surface area (Å²) in [5, 5.41) is 8.71. The molecule has 0 aliphatic carbocycles.